The van der Waals surface area contributed by atoms with E-state index in [0.29, 0.717) is 0 Å². The topological polar surface area (TPSA) is 0 Å². The SMILES string of the molecule is CCCCCCCCCCCCCCCCC[CH2][Ge]([CH2]CCCCCCCCCCCCCCCCC)([c]1ccccc1)[c]1ccccc1. The minimum absolute atomic E-state index is 1.37. The summed E-state index contributed by atoms with van der Waals surface area (Å²) in [6.07, 6.45) is 46.5. The first kappa shape index (κ1) is 44.1. The summed E-state index contributed by atoms with van der Waals surface area (Å²) in [4.78, 5) is 0. The number of hydrogen-bond donors (Lipinski definition) is 0. The van der Waals surface area contributed by atoms with Crippen molar-refractivity contribution >= 4 is 22.1 Å². The molecule has 0 saturated carbocycles. The Balaban J connectivity index is 1.64. The number of unbranched alkanes of at least 4 members (excludes halogenated alkanes) is 30. The van der Waals surface area contributed by atoms with E-state index in [-0.39, 0.29) is 0 Å². The van der Waals surface area contributed by atoms with Gasteiger partial charge in [-0.3, -0.25) is 0 Å². The van der Waals surface area contributed by atoms with Crippen molar-refractivity contribution < 1.29 is 0 Å². The summed E-state index contributed by atoms with van der Waals surface area (Å²) >= 11 is -2.44. The second-order valence-corrected chi connectivity index (χ2v) is 25.0. The van der Waals surface area contributed by atoms with Gasteiger partial charge in [0.2, 0.25) is 0 Å². The van der Waals surface area contributed by atoms with Crippen molar-refractivity contribution in [2.45, 2.75) is 230 Å². The number of benzene rings is 2. The van der Waals surface area contributed by atoms with E-state index >= 15 is 0 Å². The number of hydrogen-bond acceptors (Lipinski definition) is 0. The molecule has 0 aliphatic rings. The fourth-order valence-electron chi connectivity index (χ4n) is 8.33. The quantitative estimate of drug-likeness (QED) is 0.0483. The molecule has 280 valence electrons. The average molecular weight is 734 g/mol. The second-order valence-electron chi connectivity index (χ2n) is 15.9. The molecular weight excluding hydrogens is 649 g/mol. The van der Waals surface area contributed by atoms with E-state index in [0.717, 1.165) is 0 Å². The fourth-order valence-corrected chi connectivity index (χ4v) is 19.0. The van der Waals surface area contributed by atoms with Crippen molar-refractivity contribution in [2.75, 3.05) is 0 Å². The Labute approximate surface area is 311 Å². The van der Waals surface area contributed by atoms with Crippen LogP contribution in [0.2, 0.25) is 10.5 Å². The predicted molar refractivity (Wildman–Crippen MR) is 227 cm³/mol. The Bertz CT molecular complexity index is 843. The van der Waals surface area contributed by atoms with Gasteiger partial charge in [-0.25, -0.2) is 0 Å². The summed E-state index contributed by atoms with van der Waals surface area (Å²) in [5.41, 5.74) is 0. The molecule has 0 aromatic heterocycles. The van der Waals surface area contributed by atoms with Crippen LogP contribution in [-0.4, -0.2) is 13.3 Å². The van der Waals surface area contributed by atoms with Crippen molar-refractivity contribution in [3.05, 3.63) is 60.7 Å². The van der Waals surface area contributed by atoms with Crippen LogP contribution in [0.1, 0.15) is 219 Å². The van der Waals surface area contributed by atoms with Crippen molar-refractivity contribution in [3.8, 4) is 0 Å². The molecule has 0 radical (unpaired) electrons. The van der Waals surface area contributed by atoms with Gasteiger partial charge in [0, 0.05) is 0 Å². The van der Waals surface area contributed by atoms with Gasteiger partial charge in [-0.15, -0.1) is 0 Å². The van der Waals surface area contributed by atoms with Crippen LogP contribution in [0.15, 0.2) is 60.7 Å². The molecule has 0 N–H and O–H groups in total. The molecule has 0 nitrogen and oxygen atoms in total. The average Bonchev–Trinajstić information content (AvgIpc) is 3.14. The molecule has 0 atom stereocenters. The van der Waals surface area contributed by atoms with E-state index in [2.05, 4.69) is 74.5 Å². The van der Waals surface area contributed by atoms with E-state index in [1.165, 1.54) is 216 Å². The molecule has 0 fully saturated rings. The van der Waals surface area contributed by atoms with Crippen molar-refractivity contribution in [3.63, 3.8) is 0 Å². The van der Waals surface area contributed by atoms with Gasteiger partial charge in [0.15, 0.2) is 0 Å². The van der Waals surface area contributed by atoms with Gasteiger partial charge in [0.25, 0.3) is 0 Å². The standard InChI is InChI=1S/C48H84Ge/c1-3-5-7-9-11-13-15-17-19-21-23-25-27-29-31-39-45-49(47-41-35-33-36-42-47,48-43-37-34-38-44-48)46-40-32-30-28-26-24-22-20-18-16-14-12-10-8-6-4-2/h33-38,41-44H,3-32,39-40,45-46H2,1-2H3. The first-order valence-corrected chi connectivity index (χ1v) is 27.5. The molecule has 0 unspecified atom stereocenters. The minimum atomic E-state index is -2.44. The molecule has 1 heteroatoms. The third kappa shape index (κ3) is 22.5. The van der Waals surface area contributed by atoms with Crippen molar-refractivity contribution in [1.29, 1.82) is 0 Å². The van der Waals surface area contributed by atoms with Gasteiger partial charge in [0.1, 0.15) is 0 Å². The Morgan fingerprint density at radius 2 is 0.469 bits per heavy atom. The van der Waals surface area contributed by atoms with Crippen LogP contribution in [0.5, 0.6) is 0 Å². The molecule has 2 aromatic carbocycles. The van der Waals surface area contributed by atoms with E-state index in [4.69, 9.17) is 0 Å². The third-order valence-electron chi connectivity index (χ3n) is 11.6. The van der Waals surface area contributed by atoms with Crippen LogP contribution in [-0.2, 0) is 0 Å². The predicted octanol–water partition coefficient (Wildman–Crippen LogP) is 15.8. The molecule has 0 saturated heterocycles. The van der Waals surface area contributed by atoms with Gasteiger partial charge < -0.3 is 0 Å². The summed E-state index contributed by atoms with van der Waals surface area (Å²) in [6, 6.07) is 23.8. The molecule has 49 heavy (non-hydrogen) atoms. The molecule has 0 amide bonds. The Kier molecular flexibility index (Phi) is 29.6. The summed E-state index contributed by atoms with van der Waals surface area (Å²) < 4.78 is 3.46. The summed E-state index contributed by atoms with van der Waals surface area (Å²) in [7, 11) is 0. The van der Waals surface area contributed by atoms with Crippen LogP contribution in [0.3, 0.4) is 0 Å². The monoisotopic (exact) mass is 735 g/mol. The van der Waals surface area contributed by atoms with Crippen LogP contribution in [0.25, 0.3) is 0 Å². The maximum absolute atomic E-state index is 2.51. The zero-order valence-electron chi connectivity index (χ0n) is 33.3. The van der Waals surface area contributed by atoms with Gasteiger partial charge >= 0.3 is 234 Å². The van der Waals surface area contributed by atoms with Gasteiger partial charge in [0.05, 0.1) is 0 Å². The molecule has 0 aliphatic heterocycles. The Morgan fingerprint density at radius 3 is 0.694 bits per heavy atom. The number of rotatable bonds is 36. The first-order chi connectivity index (χ1) is 24.3. The molecular formula is C48H84Ge. The molecule has 0 spiro atoms. The molecule has 2 aromatic rings. The van der Waals surface area contributed by atoms with Crippen molar-refractivity contribution in [2.24, 2.45) is 0 Å². The van der Waals surface area contributed by atoms with E-state index in [1.807, 2.05) is 0 Å². The molecule has 2 rings (SSSR count). The van der Waals surface area contributed by atoms with Crippen molar-refractivity contribution in [1.82, 2.24) is 0 Å². The summed E-state index contributed by atoms with van der Waals surface area (Å²) in [5, 5.41) is 2.95. The van der Waals surface area contributed by atoms with E-state index in [9.17, 15) is 0 Å². The summed E-state index contributed by atoms with van der Waals surface area (Å²) in [6.45, 7) is 4.63. The van der Waals surface area contributed by atoms with E-state index < -0.39 is 13.3 Å². The first-order valence-electron chi connectivity index (χ1n) is 22.4. The molecule has 0 bridgehead atoms. The molecule has 0 heterocycles. The van der Waals surface area contributed by atoms with Crippen LogP contribution < -0.4 is 8.79 Å². The zero-order valence-corrected chi connectivity index (χ0v) is 35.4. The van der Waals surface area contributed by atoms with Crippen LogP contribution in [0, 0.1) is 0 Å². The van der Waals surface area contributed by atoms with Gasteiger partial charge in [-0.2, -0.15) is 0 Å². The second kappa shape index (κ2) is 32.9. The van der Waals surface area contributed by atoms with E-state index in [1.54, 1.807) is 8.79 Å². The Hall–Kier alpha value is -1.02. The maximum atomic E-state index is 2.51. The van der Waals surface area contributed by atoms with Gasteiger partial charge in [-0.1, -0.05) is 78.1 Å². The Morgan fingerprint density at radius 1 is 0.265 bits per heavy atom. The molecule has 0 aliphatic carbocycles. The third-order valence-corrected chi connectivity index (χ3v) is 22.7. The van der Waals surface area contributed by atoms with Gasteiger partial charge in [-0.05, 0) is 0 Å². The fraction of sp³-hybridized carbons (Fsp3) is 0.750. The van der Waals surface area contributed by atoms with Crippen LogP contribution >= 0.6 is 0 Å². The normalized spacial score (nSPS) is 11.8. The summed E-state index contributed by atoms with van der Waals surface area (Å²) in [5.74, 6) is 0. The van der Waals surface area contributed by atoms with Crippen LogP contribution in [0.4, 0.5) is 0 Å². The zero-order chi connectivity index (χ0) is 34.8.